The lowest BCUT2D eigenvalue weighted by atomic mass is 9.94. The van der Waals surface area contributed by atoms with E-state index in [9.17, 15) is 14.7 Å². The smallest absolute Gasteiger partial charge is 0.300 e. The van der Waals surface area contributed by atoms with Gasteiger partial charge >= 0.3 is 0 Å². The zero-order valence-corrected chi connectivity index (χ0v) is 20.5. The van der Waals surface area contributed by atoms with Crippen molar-refractivity contribution in [2.45, 2.75) is 13.0 Å². The Balaban J connectivity index is 1.90. The van der Waals surface area contributed by atoms with E-state index in [0.717, 1.165) is 0 Å². The molecule has 0 saturated carbocycles. The van der Waals surface area contributed by atoms with Crippen LogP contribution in [0.4, 0.5) is 5.69 Å². The number of methoxy groups -OCH3 is 3. The van der Waals surface area contributed by atoms with Crippen LogP contribution in [0.1, 0.15) is 24.1 Å². The standard InChI is InChI=1S/C28H27NO7/c1-5-36-21-11-6-17(7-12-21)26(30)24-25(18-8-15-22(34-3)23(16-18)35-4)29(28(32)27(24)31)19-9-13-20(33-2)14-10-19/h6-16,25,30H,5H2,1-4H3. The van der Waals surface area contributed by atoms with E-state index in [1.807, 2.05) is 6.92 Å². The van der Waals surface area contributed by atoms with Crippen molar-refractivity contribution in [1.29, 1.82) is 0 Å². The molecule has 36 heavy (non-hydrogen) atoms. The van der Waals surface area contributed by atoms with Gasteiger partial charge in [-0.3, -0.25) is 14.5 Å². The minimum Gasteiger partial charge on any atom is -0.507 e. The molecule has 3 aromatic carbocycles. The zero-order valence-electron chi connectivity index (χ0n) is 20.5. The molecule has 1 aliphatic heterocycles. The first kappa shape index (κ1) is 24.7. The van der Waals surface area contributed by atoms with Crippen LogP contribution >= 0.6 is 0 Å². The van der Waals surface area contributed by atoms with Gasteiger partial charge in [0.2, 0.25) is 0 Å². The van der Waals surface area contributed by atoms with Crippen LogP contribution in [-0.2, 0) is 9.59 Å². The molecule has 1 unspecified atom stereocenters. The van der Waals surface area contributed by atoms with Gasteiger partial charge in [0.25, 0.3) is 11.7 Å². The number of aliphatic hydroxyl groups excluding tert-OH is 1. The summed E-state index contributed by atoms with van der Waals surface area (Å²) in [4.78, 5) is 28.0. The number of rotatable bonds is 8. The molecule has 1 fully saturated rings. The van der Waals surface area contributed by atoms with Gasteiger partial charge in [0.05, 0.1) is 39.6 Å². The first-order chi connectivity index (χ1) is 17.4. The van der Waals surface area contributed by atoms with Crippen molar-refractivity contribution in [3.05, 3.63) is 83.4 Å². The highest BCUT2D eigenvalue weighted by atomic mass is 16.5. The monoisotopic (exact) mass is 489 g/mol. The summed E-state index contributed by atoms with van der Waals surface area (Å²) in [5, 5.41) is 11.3. The number of anilines is 1. The number of Topliss-reactive ketones (excluding diaryl/α,β-unsaturated/α-hetero) is 1. The van der Waals surface area contributed by atoms with Crippen LogP contribution in [0.2, 0.25) is 0 Å². The third-order valence-corrected chi connectivity index (χ3v) is 5.96. The van der Waals surface area contributed by atoms with Crippen molar-refractivity contribution in [1.82, 2.24) is 0 Å². The summed E-state index contributed by atoms with van der Waals surface area (Å²) in [6.07, 6.45) is 0. The van der Waals surface area contributed by atoms with Crippen molar-refractivity contribution in [2.24, 2.45) is 0 Å². The van der Waals surface area contributed by atoms with Gasteiger partial charge in [-0.1, -0.05) is 6.07 Å². The van der Waals surface area contributed by atoms with E-state index < -0.39 is 17.7 Å². The van der Waals surface area contributed by atoms with Crippen molar-refractivity contribution >= 4 is 23.1 Å². The highest BCUT2D eigenvalue weighted by Gasteiger charge is 2.47. The first-order valence-electron chi connectivity index (χ1n) is 11.3. The molecule has 0 aliphatic carbocycles. The topological polar surface area (TPSA) is 94.5 Å². The molecule has 1 amide bonds. The second-order valence-corrected chi connectivity index (χ2v) is 7.94. The summed E-state index contributed by atoms with van der Waals surface area (Å²) in [6.45, 7) is 2.37. The molecular weight excluding hydrogens is 462 g/mol. The van der Waals surface area contributed by atoms with Crippen LogP contribution in [0.3, 0.4) is 0 Å². The summed E-state index contributed by atoms with van der Waals surface area (Å²) >= 11 is 0. The van der Waals surface area contributed by atoms with Crippen molar-refractivity contribution in [3.8, 4) is 23.0 Å². The third kappa shape index (κ3) is 4.45. The van der Waals surface area contributed by atoms with E-state index in [0.29, 0.717) is 46.4 Å². The molecule has 1 atom stereocenters. The number of hydrogen-bond acceptors (Lipinski definition) is 7. The largest absolute Gasteiger partial charge is 0.507 e. The van der Waals surface area contributed by atoms with Gasteiger partial charge in [-0.25, -0.2) is 0 Å². The third-order valence-electron chi connectivity index (χ3n) is 5.96. The normalized spacial score (nSPS) is 16.7. The molecule has 4 rings (SSSR count). The average molecular weight is 490 g/mol. The zero-order chi connectivity index (χ0) is 25.8. The number of ether oxygens (including phenoxy) is 4. The maximum absolute atomic E-state index is 13.3. The lowest BCUT2D eigenvalue weighted by Crippen LogP contribution is -2.29. The average Bonchev–Trinajstić information content (AvgIpc) is 3.18. The van der Waals surface area contributed by atoms with Gasteiger partial charge in [-0.2, -0.15) is 0 Å². The van der Waals surface area contributed by atoms with Crippen LogP contribution in [0.5, 0.6) is 23.0 Å². The Kier molecular flexibility index (Phi) is 7.15. The van der Waals surface area contributed by atoms with Crippen molar-refractivity contribution < 1.29 is 33.6 Å². The van der Waals surface area contributed by atoms with Gasteiger partial charge in [-0.05, 0) is 73.2 Å². The summed E-state index contributed by atoms with van der Waals surface area (Å²) in [5.74, 6) is 0.318. The Hall–Kier alpha value is -4.46. The molecular formula is C28H27NO7. The number of aliphatic hydroxyl groups is 1. The number of carbonyl (C=O) groups excluding carboxylic acids is 2. The number of carbonyl (C=O) groups is 2. The molecule has 8 heteroatoms. The molecule has 0 aromatic heterocycles. The van der Waals surface area contributed by atoms with E-state index in [1.54, 1.807) is 73.8 Å². The SMILES string of the molecule is CCOc1ccc(C(O)=C2C(=O)C(=O)N(c3ccc(OC)cc3)C2c2ccc(OC)c(OC)c2)cc1. The number of benzene rings is 3. The number of amides is 1. The van der Waals surface area contributed by atoms with E-state index in [4.69, 9.17) is 18.9 Å². The van der Waals surface area contributed by atoms with Gasteiger partial charge in [-0.15, -0.1) is 0 Å². The first-order valence-corrected chi connectivity index (χ1v) is 11.3. The fourth-order valence-corrected chi connectivity index (χ4v) is 4.21. The van der Waals surface area contributed by atoms with Gasteiger partial charge in [0, 0.05) is 11.3 Å². The van der Waals surface area contributed by atoms with Gasteiger partial charge in [0.15, 0.2) is 11.5 Å². The maximum atomic E-state index is 13.3. The van der Waals surface area contributed by atoms with Crippen molar-refractivity contribution in [2.75, 3.05) is 32.8 Å². The lowest BCUT2D eigenvalue weighted by molar-refractivity contribution is -0.132. The van der Waals surface area contributed by atoms with Crippen LogP contribution in [0.15, 0.2) is 72.3 Å². The molecule has 1 aliphatic rings. The predicted octanol–water partition coefficient (Wildman–Crippen LogP) is 4.74. The highest BCUT2D eigenvalue weighted by molar-refractivity contribution is 6.51. The van der Waals surface area contributed by atoms with E-state index in [2.05, 4.69) is 0 Å². The highest BCUT2D eigenvalue weighted by Crippen LogP contribution is 2.44. The minimum atomic E-state index is -0.912. The van der Waals surface area contributed by atoms with Gasteiger partial charge in [0.1, 0.15) is 17.3 Å². The maximum Gasteiger partial charge on any atom is 0.300 e. The van der Waals surface area contributed by atoms with Crippen LogP contribution in [0, 0.1) is 0 Å². The fourth-order valence-electron chi connectivity index (χ4n) is 4.21. The lowest BCUT2D eigenvalue weighted by Gasteiger charge is -2.26. The summed E-state index contributed by atoms with van der Waals surface area (Å²) in [5.41, 5.74) is 1.39. The summed E-state index contributed by atoms with van der Waals surface area (Å²) < 4.78 is 21.5. The van der Waals surface area contributed by atoms with Gasteiger partial charge < -0.3 is 24.1 Å². The van der Waals surface area contributed by atoms with E-state index in [-0.39, 0.29) is 11.3 Å². The summed E-state index contributed by atoms with van der Waals surface area (Å²) in [6, 6.07) is 17.7. The second kappa shape index (κ2) is 10.4. The molecule has 1 heterocycles. The second-order valence-electron chi connectivity index (χ2n) is 7.94. The van der Waals surface area contributed by atoms with E-state index >= 15 is 0 Å². The molecule has 1 N–H and O–H groups in total. The molecule has 0 bridgehead atoms. The molecule has 8 nitrogen and oxygen atoms in total. The molecule has 3 aromatic rings. The molecule has 0 radical (unpaired) electrons. The molecule has 1 saturated heterocycles. The van der Waals surface area contributed by atoms with E-state index in [1.165, 1.54) is 19.1 Å². The van der Waals surface area contributed by atoms with Crippen LogP contribution in [0.25, 0.3) is 5.76 Å². The molecule has 0 spiro atoms. The Morgan fingerprint density at radius 2 is 1.47 bits per heavy atom. The Morgan fingerprint density at radius 3 is 2.06 bits per heavy atom. The fraction of sp³-hybridized carbons (Fsp3) is 0.214. The Bertz CT molecular complexity index is 1300. The summed E-state index contributed by atoms with van der Waals surface area (Å²) in [7, 11) is 4.57. The number of hydrogen-bond donors (Lipinski definition) is 1. The van der Waals surface area contributed by atoms with Crippen LogP contribution < -0.4 is 23.8 Å². The number of nitrogens with zero attached hydrogens (tertiary/aromatic N) is 1. The number of ketones is 1. The minimum absolute atomic E-state index is 0.0350. The van der Waals surface area contributed by atoms with Crippen molar-refractivity contribution in [3.63, 3.8) is 0 Å². The Labute approximate surface area is 209 Å². The Morgan fingerprint density at radius 1 is 0.833 bits per heavy atom. The van der Waals surface area contributed by atoms with Crippen LogP contribution in [-0.4, -0.2) is 44.7 Å². The predicted molar refractivity (Wildman–Crippen MR) is 135 cm³/mol. The quantitative estimate of drug-likeness (QED) is 0.278. The molecule has 186 valence electrons.